The van der Waals surface area contributed by atoms with E-state index in [1.165, 1.54) is 77.4 Å². The predicted molar refractivity (Wildman–Crippen MR) is 81.4 cm³/mol. The van der Waals surface area contributed by atoms with Gasteiger partial charge in [-0.15, -0.1) is 0 Å². The second-order valence-electron chi connectivity index (χ2n) is 7.15. The van der Waals surface area contributed by atoms with Crippen molar-refractivity contribution >= 4 is 0 Å². The maximum atomic E-state index is 3.63. The number of nitrogens with one attached hydrogen (secondary N) is 1. The second kappa shape index (κ2) is 6.58. The highest BCUT2D eigenvalue weighted by molar-refractivity contribution is 4.92. The van der Waals surface area contributed by atoms with Crippen LogP contribution >= 0.6 is 0 Å². The fraction of sp³-hybridized carbons (Fsp3) is 1.00. The zero-order valence-corrected chi connectivity index (χ0v) is 12.7. The predicted octanol–water partition coefficient (Wildman–Crippen LogP) is 3.42. The molecular formula is C17H32N2. The van der Waals surface area contributed by atoms with Gasteiger partial charge in [0, 0.05) is 12.1 Å². The lowest BCUT2D eigenvalue weighted by molar-refractivity contribution is 0.0797. The molecule has 0 aromatic heterocycles. The molecular weight excluding hydrogens is 232 g/mol. The van der Waals surface area contributed by atoms with Crippen LogP contribution < -0.4 is 5.32 Å². The van der Waals surface area contributed by atoms with Gasteiger partial charge in [-0.2, -0.15) is 0 Å². The van der Waals surface area contributed by atoms with Gasteiger partial charge in [0.15, 0.2) is 0 Å². The molecule has 2 saturated heterocycles. The number of piperidine rings is 1. The highest BCUT2D eigenvalue weighted by atomic mass is 15.2. The molecule has 0 amide bonds. The van der Waals surface area contributed by atoms with Crippen molar-refractivity contribution in [2.45, 2.75) is 76.8 Å². The van der Waals surface area contributed by atoms with E-state index >= 15 is 0 Å². The molecule has 2 heteroatoms. The van der Waals surface area contributed by atoms with Crippen molar-refractivity contribution in [3.05, 3.63) is 0 Å². The molecule has 1 saturated carbocycles. The summed E-state index contributed by atoms with van der Waals surface area (Å²) in [7, 11) is 0. The van der Waals surface area contributed by atoms with Crippen LogP contribution in [0.1, 0.15) is 64.7 Å². The molecule has 2 aliphatic heterocycles. The number of hydrogen-bond donors (Lipinski definition) is 1. The average molecular weight is 264 g/mol. The number of nitrogens with zero attached hydrogens (tertiary/aromatic N) is 1. The normalized spacial score (nSPS) is 41.5. The minimum absolute atomic E-state index is 0.911. The molecule has 2 nitrogen and oxygen atoms in total. The molecule has 0 bridgehead atoms. The van der Waals surface area contributed by atoms with Gasteiger partial charge in [0.05, 0.1) is 0 Å². The quantitative estimate of drug-likeness (QED) is 0.840. The van der Waals surface area contributed by atoms with Gasteiger partial charge in [-0.05, 0) is 70.0 Å². The van der Waals surface area contributed by atoms with Gasteiger partial charge < -0.3 is 5.32 Å². The lowest BCUT2D eigenvalue weighted by atomic mass is 9.82. The summed E-state index contributed by atoms with van der Waals surface area (Å²) < 4.78 is 0. The molecule has 4 unspecified atom stereocenters. The Labute approximate surface area is 119 Å². The van der Waals surface area contributed by atoms with Crippen LogP contribution in [0.3, 0.4) is 0 Å². The van der Waals surface area contributed by atoms with Crippen LogP contribution in [0.25, 0.3) is 0 Å². The molecule has 0 aromatic rings. The lowest BCUT2D eigenvalue weighted by Gasteiger charge is -2.42. The second-order valence-corrected chi connectivity index (χ2v) is 7.15. The third-order valence-corrected chi connectivity index (χ3v) is 6.02. The summed E-state index contributed by atoms with van der Waals surface area (Å²) in [5.74, 6) is 1.96. The summed E-state index contributed by atoms with van der Waals surface area (Å²) in [4.78, 5) is 2.94. The molecule has 19 heavy (non-hydrogen) atoms. The van der Waals surface area contributed by atoms with Crippen molar-refractivity contribution < 1.29 is 0 Å². The first-order valence-electron chi connectivity index (χ1n) is 8.85. The van der Waals surface area contributed by atoms with E-state index in [1.54, 1.807) is 0 Å². The Hall–Kier alpha value is -0.0800. The standard InChI is InChI=1S/C17H32N2/c1-2-14-6-3-8-16(12-14)19-11-5-9-17(19)15-7-4-10-18-13-15/h14-18H,2-13H2,1H3. The number of hydrogen-bond acceptors (Lipinski definition) is 2. The van der Waals surface area contributed by atoms with Gasteiger partial charge in [-0.1, -0.05) is 26.2 Å². The lowest BCUT2D eigenvalue weighted by Crippen LogP contribution is -2.48. The van der Waals surface area contributed by atoms with E-state index < -0.39 is 0 Å². The van der Waals surface area contributed by atoms with Crippen LogP contribution in [0, 0.1) is 11.8 Å². The third kappa shape index (κ3) is 3.16. The first-order valence-corrected chi connectivity index (χ1v) is 8.85. The summed E-state index contributed by atoms with van der Waals surface area (Å²) in [5.41, 5.74) is 0. The molecule has 0 spiro atoms. The molecule has 2 heterocycles. The summed E-state index contributed by atoms with van der Waals surface area (Å²) in [5, 5.41) is 3.63. The van der Waals surface area contributed by atoms with Gasteiger partial charge in [-0.25, -0.2) is 0 Å². The van der Waals surface area contributed by atoms with E-state index in [2.05, 4.69) is 17.1 Å². The Balaban J connectivity index is 1.61. The average Bonchev–Trinajstić information content (AvgIpc) is 2.98. The van der Waals surface area contributed by atoms with Crippen LogP contribution in [-0.2, 0) is 0 Å². The number of likely N-dealkylation sites (tertiary alicyclic amines) is 1. The first kappa shape index (κ1) is 13.9. The zero-order valence-electron chi connectivity index (χ0n) is 12.7. The summed E-state index contributed by atoms with van der Waals surface area (Å²) >= 11 is 0. The SMILES string of the molecule is CCC1CCCC(N2CCCC2C2CCCNC2)C1. The Kier molecular flexibility index (Phi) is 4.81. The number of rotatable bonds is 3. The van der Waals surface area contributed by atoms with Crippen molar-refractivity contribution in [3.8, 4) is 0 Å². The topological polar surface area (TPSA) is 15.3 Å². The monoisotopic (exact) mass is 264 g/mol. The summed E-state index contributed by atoms with van der Waals surface area (Å²) in [6, 6.07) is 1.83. The van der Waals surface area contributed by atoms with E-state index in [4.69, 9.17) is 0 Å². The van der Waals surface area contributed by atoms with Crippen LogP contribution in [0.5, 0.6) is 0 Å². The van der Waals surface area contributed by atoms with E-state index in [0.717, 1.165) is 23.9 Å². The van der Waals surface area contributed by atoms with Gasteiger partial charge in [0.2, 0.25) is 0 Å². The zero-order chi connectivity index (χ0) is 13.1. The van der Waals surface area contributed by atoms with Crippen LogP contribution in [0.15, 0.2) is 0 Å². The molecule has 4 atom stereocenters. The molecule has 3 rings (SSSR count). The molecule has 0 aromatic carbocycles. The van der Waals surface area contributed by atoms with Crippen molar-refractivity contribution in [1.29, 1.82) is 0 Å². The van der Waals surface area contributed by atoms with E-state index in [-0.39, 0.29) is 0 Å². The Morgan fingerprint density at radius 3 is 2.79 bits per heavy atom. The van der Waals surface area contributed by atoms with Gasteiger partial charge in [0.25, 0.3) is 0 Å². The van der Waals surface area contributed by atoms with E-state index in [9.17, 15) is 0 Å². The highest BCUT2D eigenvalue weighted by Gasteiger charge is 2.37. The van der Waals surface area contributed by atoms with Crippen molar-refractivity contribution in [3.63, 3.8) is 0 Å². The molecule has 0 radical (unpaired) electrons. The van der Waals surface area contributed by atoms with E-state index in [1.807, 2.05) is 0 Å². The molecule has 1 aliphatic carbocycles. The molecule has 1 N–H and O–H groups in total. The van der Waals surface area contributed by atoms with Gasteiger partial charge in [0.1, 0.15) is 0 Å². The highest BCUT2D eigenvalue weighted by Crippen LogP contribution is 2.36. The van der Waals surface area contributed by atoms with Gasteiger partial charge >= 0.3 is 0 Å². The minimum Gasteiger partial charge on any atom is -0.316 e. The first-order chi connectivity index (χ1) is 9.38. The maximum absolute atomic E-state index is 3.63. The van der Waals surface area contributed by atoms with Crippen molar-refractivity contribution in [2.24, 2.45) is 11.8 Å². The summed E-state index contributed by atoms with van der Waals surface area (Å²) in [6.07, 6.45) is 13.1. The smallest absolute Gasteiger partial charge is 0.0139 e. The molecule has 3 aliphatic rings. The van der Waals surface area contributed by atoms with Crippen molar-refractivity contribution in [2.75, 3.05) is 19.6 Å². The van der Waals surface area contributed by atoms with Gasteiger partial charge in [-0.3, -0.25) is 4.90 Å². The van der Waals surface area contributed by atoms with Crippen LogP contribution in [0.4, 0.5) is 0 Å². The summed E-state index contributed by atoms with van der Waals surface area (Å²) in [6.45, 7) is 6.32. The van der Waals surface area contributed by atoms with Crippen LogP contribution in [-0.4, -0.2) is 36.6 Å². The largest absolute Gasteiger partial charge is 0.316 e. The fourth-order valence-corrected chi connectivity index (χ4v) is 4.92. The molecule has 3 fully saturated rings. The molecule has 110 valence electrons. The Morgan fingerprint density at radius 1 is 1.05 bits per heavy atom. The fourth-order valence-electron chi connectivity index (χ4n) is 4.92. The van der Waals surface area contributed by atoms with E-state index in [0.29, 0.717) is 0 Å². The maximum Gasteiger partial charge on any atom is 0.0139 e. The Bertz CT molecular complexity index is 272. The Morgan fingerprint density at radius 2 is 2.00 bits per heavy atom. The minimum atomic E-state index is 0.911. The van der Waals surface area contributed by atoms with Crippen LogP contribution in [0.2, 0.25) is 0 Å². The van der Waals surface area contributed by atoms with Crippen molar-refractivity contribution in [1.82, 2.24) is 10.2 Å². The third-order valence-electron chi connectivity index (χ3n) is 6.02.